The van der Waals surface area contributed by atoms with Gasteiger partial charge in [0.1, 0.15) is 85.4 Å². The molecule has 7 amide bonds. The highest BCUT2D eigenvalue weighted by Gasteiger charge is 2.56. The number of thiol groups is 1. The van der Waals surface area contributed by atoms with E-state index in [1.54, 1.807) is 13.8 Å². The molecule has 2 unspecified atom stereocenters. The minimum atomic E-state index is -4.62. The lowest BCUT2D eigenvalue weighted by atomic mass is 10.0. The summed E-state index contributed by atoms with van der Waals surface area (Å²) in [4.78, 5) is 133. The molecule has 37 nitrogen and oxygen atoms in total. The van der Waals surface area contributed by atoms with Crippen molar-refractivity contribution >= 4 is 119 Å². The van der Waals surface area contributed by atoms with Crippen LogP contribution >= 0.6 is 25.8 Å². The SMILES string of the molecule is CC(C)[C@H](NC(=O)CN=[N+]=[N-])C(=O)N[C@@H](CCCNC(N)=O)C(=O)Nc1ccc(COC(=O)N[C@H](C)C(=O)N2CCC[C@H]2C(=O)O[C@@H]2[C@@H]3OP(O)(=S)OC[C@H]4O[C@@H](n5cnc6c(N)ncnc65)[C@H](F)[C@@H]4OP(=O)(S)OC[C@H]3O[C@H]2n2cnc3c(N)ncnc32)cc1. The Balaban J connectivity index is 0.844. The highest BCUT2D eigenvalue weighted by Crippen LogP contribution is 2.59. The first kappa shape index (κ1) is 67.4. The van der Waals surface area contributed by atoms with Gasteiger partial charge in [-0.1, -0.05) is 43.3 Å². The molecule has 0 bridgehead atoms. The fourth-order valence-electron chi connectivity index (χ4n) is 10.3. The van der Waals surface area contributed by atoms with E-state index < -0.39 is 154 Å². The summed E-state index contributed by atoms with van der Waals surface area (Å²) in [6.07, 6.45) is -8.83. The Morgan fingerprint density at radius 3 is 2.18 bits per heavy atom. The van der Waals surface area contributed by atoms with Crippen LogP contribution in [-0.4, -0.2) is 184 Å². The number of alkyl halides is 1. The molecule has 0 aliphatic carbocycles. The average molecular weight is 1350 g/mol. The number of alkyl carbamates (subject to hydrolysis) is 1. The summed E-state index contributed by atoms with van der Waals surface area (Å²) in [5, 5.41) is 15.9. The molecule has 490 valence electrons. The number of fused-ring (bicyclic) bond motifs is 4. The highest BCUT2D eigenvalue weighted by atomic mass is 32.7. The van der Waals surface area contributed by atoms with Gasteiger partial charge in [-0.3, -0.25) is 41.9 Å². The van der Waals surface area contributed by atoms with E-state index in [0.29, 0.717) is 12.0 Å². The van der Waals surface area contributed by atoms with Crippen molar-refractivity contribution in [1.29, 1.82) is 0 Å². The Labute approximate surface area is 524 Å². The van der Waals surface area contributed by atoms with Gasteiger partial charge >= 0.3 is 31.6 Å². The van der Waals surface area contributed by atoms with Crippen molar-refractivity contribution in [2.24, 2.45) is 16.8 Å². The molecular formula is C49H63FN20O17P2S2. The van der Waals surface area contributed by atoms with Crippen LogP contribution in [0.15, 0.2) is 54.7 Å². The summed E-state index contributed by atoms with van der Waals surface area (Å²) < 4.78 is 80.5. The highest BCUT2D eigenvalue weighted by molar-refractivity contribution is 8.44. The van der Waals surface area contributed by atoms with Crippen molar-refractivity contribution in [1.82, 2.24) is 65.2 Å². The second-order valence-corrected chi connectivity index (χ2v) is 27.0. The predicted octanol–water partition coefficient (Wildman–Crippen LogP) is 1.58. The first-order chi connectivity index (χ1) is 43.3. The number of imidazole rings is 2. The van der Waals surface area contributed by atoms with Crippen LogP contribution in [0, 0.1) is 5.92 Å². The van der Waals surface area contributed by atoms with E-state index in [4.69, 9.17) is 71.6 Å². The van der Waals surface area contributed by atoms with Crippen molar-refractivity contribution in [3.63, 3.8) is 0 Å². The molecule has 42 heteroatoms. The van der Waals surface area contributed by atoms with Crippen LogP contribution in [0.5, 0.6) is 0 Å². The Bertz CT molecular complexity index is 3700. The fourth-order valence-corrected chi connectivity index (χ4v) is 13.2. The largest absolute Gasteiger partial charge is 0.453 e. The van der Waals surface area contributed by atoms with Crippen LogP contribution in [0.25, 0.3) is 32.8 Å². The fraction of sp³-hybridized carbons (Fsp3) is 0.531. The maximum atomic E-state index is 16.6. The lowest BCUT2D eigenvalue weighted by Crippen LogP contribution is -2.55. The zero-order valence-electron chi connectivity index (χ0n) is 48.4. The quantitative estimate of drug-likeness (QED) is 0.0101. The molecule has 91 heavy (non-hydrogen) atoms. The number of ether oxygens (including phenoxy) is 4. The number of anilines is 3. The molecule has 14 atom stereocenters. The number of primary amides is 1. The average Bonchev–Trinajstić information content (AvgIpc) is 1.74. The number of azide groups is 1. The van der Waals surface area contributed by atoms with Gasteiger partial charge in [-0.25, -0.2) is 53.2 Å². The Morgan fingerprint density at radius 1 is 0.890 bits per heavy atom. The van der Waals surface area contributed by atoms with E-state index in [1.807, 2.05) is 0 Å². The number of nitrogens with two attached hydrogens (primary N) is 3. The van der Waals surface area contributed by atoms with Gasteiger partial charge in [0.15, 0.2) is 47.7 Å². The number of rotatable bonds is 20. The van der Waals surface area contributed by atoms with Gasteiger partial charge in [-0.2, -0.15) is 0 Å². The number of nitrogens with one attached hydrogen (secondary N) is 5. The maximum Gasteiger partial charge on any atom is 0.408 e. The van der Waals surface area contributed by atoms with Crippen LogP contribution in [0.4, 0.5) is 31.3 Å². The number of hydrogen-bond acceptors (Lipinski definition) is 26. The van der Waals surface area contributed by atoms with Crippen LogP contribution in [-0.2, 0) is 84.0 Å². The molecule has 5 aromatic rings. The Hall–Kier alpha value is -8.00. The standard InChI is InChI=1S/C49H63FN20O17P2S2/c1-22(2)32(66-30(71)14-62-67-54)43(73)65-26(6-4-12-55-48(53)76)42(72)64-25-10-8-24(9-11-25)15-80-49(77)63-23(3)44(74)68-13-5-7-27(68)47(75)85-37-36-29(84-46(37)70-21-61-34-39(52)57-19-59-41(34)70)17-82-88(78,90)86-35-28(16-81-89(79,91)87-36)83-45(31(35)50)69-20-60-33-38(51)56-18-58-40(33)69/h8-11,18-23,26-29,31-32,35-37,45-46H,4-7,12-17H2,1-3H3,(H,63,77)(H,64,72)(H,65,73)(H,66,71)(H,78,90)(H,79,91)(H2,51,56,58)(H2,52,57,59)(H3,53,55,76)/t23-,26+,27+,28-,29-,31-,32+,35-,36-,37-,45-,46-,88?,89?/m1/s1. The van der Waals surface area contributed by atoms with E-state index in [0.717, 1.165) is 12.7 Å². The van der Waals surface area contributed by atoms with Crippen molar-refractivity contribution in [2.45, 2.75) is 126 Å². The van der Waals surface area contributed by atoms with E-state index in [1.165, 1.54) is 57.9 Å². The third-order valence-electron chi connectivity index (χ3n) is 14.7. The van der Waals surface area contributed by atoms with E-state index in [-0.39, 0.29) is 78.6 Å². The normalized spacial score (nSPS) is 26.8. The number of benzene rings is 1. The number of urea groups is 1. The van der Waals surface area contributed by atoms with E-state index in [9.17, 15) is 43.0 Å². The van der Waals surface area contributed by atoms with Crippen molar-refractivity contribution in [2.75, 3.05) is 49.6 Å². The number of nitrogens with zero attached hydrogens (tertiary/aromatic N) is 12. The first-order valence-electron chi connectivity index (χ1n) is 27.9. The van der Waals surface area contributed by atoms with Crippen LogP contribution < -0.4 is 43.8 Å². The number of carbonyl (C=O) groups excluding carboxylic acids is 7. The zero-order chi connectivity index (χ0) is 65.5. The molecule has 0 saturated carbocycles. The lowest BCUT2D eigenvalue weighted by Gasteiger charge is -2.32. The van der Waals surface area contributed by atoms with Gasteiger partial charge in [0, 0.05) is 23.7 Å². The van der Waals surface area contributed by atoms with Crippen LogP contribution in [0.3, 0.4) is 0 Å². The summed E-state index contributed by atoms with van der Waals surface area (Å²) in [5.41, 5.74) is 26.9. The second-order valence-electron chi connectivity index (χ2n) is 21.3. The molecule has 1 aromatic carbocycles. The molecule has 0 spiro atoms. The number of halogens is 1. The van der Waals surface area contributed by atoms with E-state index >= 15 is 4.39 Å². The van der Waals surface area contributed by atoms with Gasteiger partial charge < -0.3 is 77.0 Å². The number of amides is 7. The number of esters is 1. The smallest absolute Gasteiger partial charge is 0.408 e. The molecular weight excluding hydrogens is 1290 g/mol. The lowest BCUT2D eigenvalue weighted by molar-refractivity contribution is -0.166. The minimum Gasteiger partial charge on any atom is -0.453 e. The number of nitrogen functional groups attached to an aromatic ring is 2. The second kappa shape index (κ2) is 29.1. The third-order valence-corrected chi connectivity index (χ3v) is 17.9. The molecule has 4 aromatic heterocycles. The Morgan fingerprint density at radius 2 is 1.53 bits per heavy atom. The van der Waals surface area contributed by atoms with Crippen molar-refractivity contribution in [3.8, 4) is 0 Å². The van der Waals surface area contributed by atoms with Gasteiger partial charge in [-0.05, 0) is 73.6 Å². The summed E-state index contributed by atoms with van der Waals surface area (Å²) >= 11 is 9.65. The van der Waals surface area contributed by atoms with Crippen LogP contribution in [0.1, 0.15) is 64.5 Å². The van der Waals surface area contributed by atoms with Crippen molar-refractivity contribution in [3.05, 3.63) is 65.6 Å². The molecule has 8 heterocycles. The molecule has 12 N–H and O–H groups in total. The monoisotopic (exact) mass is 1350 g/mol. The molecule has 9 rings (SSSR count). The predicted molar refractivity (Wildman–Crippen MR) is 319 cm³/mol. The van der Waals surface area contributed by atoms with Crippen molar-refractivity contribution < 1.29 is 84.5 Å². The number of aromatic nitrogens is 8. The molecule has 4 aliphatic heterocycles. The summed E-state index contributed by atoms with van der Waals surface area (Å²) in [7, 11) is 0. The number of carbonyl (C=O) groups is 7. The summed E-state index contributed by atoms with van der Waals surface area (Å²) in [5.74, 6) is -4.26. The maximum absolute atomic E-state index is 16.6. The van der Waals surface area contributed by atoms with Gasteiger partial charge in [0.2, 0.25) is 23.6 Å². The summed E-state index contributed by atoms with van der Waals surface area (Å²) in [6, 6.07) is 0.432. The minimum absolute atomic E-state index is 0.00236. The summed E-state index contributed by atoms with van der Waals surface area (Å²) in [6.45, 7) is -6.73. The number of hydrogen-bond donors (Lipinski definition) is 10. The first-order valence-corrected chi connectivity index (χ1v) is 33.2. The van der Waals surface area contributed by atoms with Gasteiger partial charge in [0.25, 0.3) is 0 Å². The van der Waals surface area contributed by atoms with E-state index in [2.05, 4.69) is 78.8 Å². The Kier molecular flexibility index (Phi) is 21.5. The molecule has 4 fully saturated rings. The zero-order valence-corrected chi connectivity index (χ0v) is 51.9. The molecule has 4 aliphatic rings. The molecule has 0 radical (unpaired) electrons. The molecule has 4 saturated heterocycles. The third kappa shape index (κ3) is 16.2. The number of likely N-dealkylation sites (tertiary alicyclic amines) is 1. The van der Waals surface area contributed by atoms with Gasteiger partial charge in [-0.15, -0.1) is 0 Å². The topological polar surface area (TPSA) is 508 Å². The van der Waals surface area contributed by atoms with Crippen LogP contribution in [0.2, 0.25) is 0 Å². The van der Waals surface area contributed by atoms with Gasteiger partial charge in [0.05, 0.1) is 25.9 Å².